The number of aliphatic hydroxyl groups is 1. The predicted octanol–water partition coefficient (Wildman–Crippen LogP) is 3.77. The van der Waals surface area contributed by atoms with Gasteiger partial charge in [0.15, 0.2) is 0 Å². The summed E-state index contributed by atoms with van der Waals surface area (Å²) in [6.07, 6.45) is -5.31. The van der Waals surface area contributed by atoms with Gasteiger partial charge in [0.1, 0.15) is 11.3 Å². The number of nitrogens with one attached hydrogen (secondary N) is 1. The quantitative estimate of drug-likeness (QED) is 0.500. The fourth-order valence-electron chi connectivity index (χ4n) is 5.34. The van der Waals surface area contributed by atoms with E-state index in [1.807, 2.05) is 0 Å². The lowest BCUT2D eigenvalue weighted by Gasteiger charge is -2.55. The highest BCUT2D eigenvalue weighted by molar-refractivity contribution is 6.11. The molecule has 2 aliphatic rings. The van der Waals surface area contributed by atoms with Gasteiger partial charge in [0, 0.05) is 5.92 Å². The molecule has 0 aliphatic carbocycles. The number of aryl methyl sites for hydroxylation is 1. The Hall–Kier alpha value is -3.24. The highest BCUT2D eigenvalue weighted by Crippen LogP contribution is 2.61. The van der Waals surface area contributed by atoms with E-state index in [1.54, 1.807) is 49.4 Å². The Bertz CT molecular complexity index is 1170. The number of ether oxygens (including phenoxy) is 1. The zero-order valence-electron chi connectivity index (χ0n) is 19.3. The van der Waals surface area contributed by atoms with E-state index in [2.05, 4.69) is 10.5 Å². The van der Waals surface area contributed by atoms with E-state index in [9.17, 15) is 27.9 Å². The average molecular weight is 490 g/mol. The van der Waals surface area contributed by atoms with Gasteiger partial charge in [0.2, 0.25) is 5.72 Å². The molecule has 5 atom stereocenters. The van der Waals surface area contributed by atoms with Crippen LogP contribution in [-0.2, 0) is 19.2 Å². The van der Waals surface area contributed by atoms with Crippen molar-refractivity contribution < 1.29 is 37.4 Å². The van der Waals surface area contributed by atoms with E-state index < -0.39 is 47.1 Å². The number of halogens is 3. The van der Waals surface area contributed by atoms with Crippen LogP contribution >= 0.6 is 0 Å². The summed E-state index contributed by atoms with van der Waals surface area (Å²) in [5.74, 6) is -6.01. The van der Waals surface area contributed by atoms with E-state index in [0.717, 1.165) is 0 Å². The predicted molar refractivity (Wildman–Crippen MR) is 119 cm³/mol. The second kappa shape index (κ2) is 8.76. The number of esters is 1. The number of rotatable bonds is 4. The molecule has 4 rings (SSSR count). The van der Waals surface area contributed by atoms with Crippen LogP contribution in [-0.4, -0.2) is 41.3 Å². The van der Waals surface area contributed by atoms with Crippen molar-refractivity contribution in [1.82, 2.24) is 5.32 Å². The Morgan fingerprint density at radius 3 is 2.31 bits per heavy atom. The maximum Gasteiger partial charge on any atom is 0.431 e. The number of carbonyl (C=O) groups is 2. The SMILES string of the molecule is CCOC(=O)[C@H]1[C@H](c2ccccc2)[C@]2(C(=O)ON=C2C)[C@H](c2ccccc2C)N[C@]1(O)C(F)(F)F. The smallest absolute Gasteiger partial charge is 0.431 e. The van der Waals surface area contributed by atoms with E-state index in [4.69, 9.17) is 9.57 Å². The fourth-order valence-corrected chi connectivity index (χ4v) is 5.34. The number of carbonyl (C=O) groups excluding carboxylic acids is 2. The summed E-state index contributed by atoms with van der Waals surface area (Å²) >= 11 is 0. The van der Waals surface area contributed by atoms with Gasteiger partial charge in [-0.3, -0.25) is 10.1 Å². The molecule has 2 aliphatic heterocycles. The van der Waals surface area contributed by atoms with Crippen LogP contribution < -0.4 is 5.32 Å². The van der Waals surface area contributed by atoms with Crippen LogP contribution in [0.15, 0.2) is 59.8 Å². The largest absolute Gasteiger partial charge is 0.466 e. The number of nitrogens with zero attached hydrogens (tertiary/aromatic N) is 1. The third-order valence-corrected chi connectivity index (χ3v) is 6.93. The highest BCUT2D eigenvalue weighted by atomic mass is 19.4. The third kappa shape index (κ3) is 3.63. The lowest BCUT2D eigenvalue weighted by molar-refractivity contribution is -0.311. The maximum absolute atomic E-state index is 14.7. The van der Waals surface area contributed by atoms with Crippen molar-refractivity contribution in [1.29, 1.82) is 0 Å². The molecule has 0 saturated carbocycles. The van der Waals surface area contributed by atoms with Gasteiger partial charge in [-0.2, -0.15) is 13.2 Å². The number of benzene rings is 2. The minimum Gasteiger partial charge on any atom is -0.466 e. The molecular formula is C25H25F3N2O5. The van der Waals surface area contributed by atoms with Crippen LogP contribution in [0.5, 0.6) is 0 Å². The summed E-state index contributed by atoms with van der Waals surface area (Å²) in [6, 6.07) is 13.0. The molecule has 0 amide bonds. The summed E-state index contributed by atoms with van der Waals surface area (Å²) in [4.78, 5) is 31.8. The Balaban J connectivity index is 2.12. The molecule has 2 heterocycles. The first kappa shape index (κ1) is 24.9. The van der Waals surface area contributed by atoms with Gasteiger partial charge in [-0.05, 0) is 37.5 Å². The third-order valence-electron chi connectivity index (χ3n) is 6.93. The lowest BCUT2D eigenvalue weighted by Crippen LogP contribution is -2.74. The van der Waals surface area contributed by atoms with Crippen LogP contribution in [0.1, 0.15) is 42.5 Å². The molecule has 2 aromatic carbocycles. The molecule has 186 valence electrons. The van der Waals surface area contributed by atoms with Gasteiger partial charge in [0.25, 0.3) is 0 Å². The van der Waals surface area contributed by atoms with Crippen LogP contribution in [0.4, 0.5) is 13.2 Å². The Morgan fingerprint density at radius 2 is 1.77 bits per heavy atom. The first-order valence-electron chi connectivity index (χ1n) is 11.1. The summed E-state index contributed by atoms with van der Waals surface area (Å²) in [6.45, 7) is 4.37. The van der Waals surface area contributed by atoms with Crippen molar-refractivity contribution in [3.8, 4) is 0 Å². The zero-order chi connectivity index (χ0) is 25.6. The molecule has 1 saturated heterocycles. The van der Waals surface area contributed by atoms with E-state index in [-0.39, 0.29) is 17.9 Å². The molecule has 1 spiro atoms. The van der Waals surface area contributed by atoms with Gasteiger partial charge in [-0.25, -0.2) is 4.79 Å². The van der Waals surface area contributed by atoms with Gasteiger partial charge < -0.3 is 14.7 Å². The number of alkyl halides is 3. The molecule has 0 bridgehead atoms. The standard InChI is InChI=1S/C25H25F3N2O5/c1-4-34-21(31)19-18(16-11-6-5-7-12-16)23(15(3)30-35-22(23)32)20(17-13-9-8-10-14(17)2)29-24(19,33)25(26,27)28/h5-13,18-20,29,33H,4H2,1-3H3/t18-,19+,20-,23-,24+/m0/s1. The summed E-state index contributed by atoms with van der Waals surface area (Å²) in [7, 11) is 0. The average Bonchev–Trinajstić information content (AvgIpc) is 3.10. The van der Waals surface area contributed by atoms with Crippen molar-refractivity contribution in [2.24, 2.45) is 16.5 Å². The van der Waals surface area contributed by atoms with Crippen molar-refractivity contribution in [2.75, 3.05) is 6.61 Å². The normalized spacial score (nSPS) is 30.7. The van der Waals surface area contributed by atoms with Crippen LogP contribution in [0, 0.1) is 18.3 Å². The topological polar surface area (TPSA) is 97.2 Å². The Labute approximate surface area is 199 Å². The van der Waals surface area contributed by atoms with Crippen molar-refractivity contribution in [2.45, 2.75) is 44.6 Å². The van der Waals surface area contributed by atoms with E-state index in [0.29, 0.717) is 11.1 Å². The maximum atomic E-state index is 14.7. The van der Waals surface area contributed by atoms with Crippen molar-refractivity contribution in [3.05, 3.63) is 71.3 Å². The molecule has 10 heteroatoms. The van der Waals surface area contributed by atoms with E-state index >= 15 is 0 Å². The summed E-state index contributed by atoms with van der Waals surface area (Å²) in [5.41, 5.74) is -4.42. The second-order valence-corrected chi connectivity index (χ2v) is 8.74. The van der Waals surface area contributed by atoms with Gasteiger partial charge in [-0.15, -0.1) is 0 Å². The molecule has 7 nitrogen and oxygen atoms in total. The lowest BCUT2D eigenvalue weighted by atomic mass is 9.54. The number of piperidine rings is 1. The van der Waals surface area contributed by atoms with Crippen LogP contribution in [0.3, 0.4) is 0 Å². The molecule has 0 aromatic heterocycles. The molecule has 0 radical (unpaired) electrons. The first-order chi connectivity index (χ1) is 16.5. The monoisotopic (exact) mass is 490 g/mol. The number of oxime groups is 1. The van der Waals surface area contributed by atoms with Crippen molar-refractivity contribution in [3.63, 3.8) is 0 Å². The van der Waals surface area contributed by atoms with Crippen LogP contribution in [0.2, 0.25) is 0 Å². The molecular weight excluding hydrogens is 465 g/mol. The molecule has 35 heavy (non-hydrogen) atoms. The molecule has 1 fully saturated rings. The van der Waals surface area contributed by atoms with Crippen molar-refractivity contribution >= 4 is 17.7 Å². The minimum atomic E-state index is -5.31. The molecule has 0 unspecified atom stereocenters. The highest BCUT2D eigenvalue weighted by Gasteiger charge is 2.76. The summed E-state index contributed by atoms with van der Waals surface area (Å²) < 4.78 is 49.0. The second-order valence-electron chi connectivity index (χ2n) is 8.74. The van der Waals surface area contributed by atoms with Gasteiger partial charge in [-0.1, -0.05) is 59.8 Å². The minimum absolute atomic E-state index is 0.0793. The number of hydrogen-bond donors (Lipinski definition) is 2. The first-order valence-corrected chi connectivity index (χ1v) is 11.1. The van der Waals surface area contributed by atoms with Gasteiger partial charge >= 0.3 is 18.1 Å². The summed E-state index contributed by atoms with van der Waals surface area (Å²) in [5, 5.41) is 17.4. The Morgan fingerprint density at radius 1 is 1.14 bits per heavy atom. The zero-order valence-corrected chi connectivity index (χ0v) is 19.3. The Kier molecular flexibility index (Phi) is 6.23. The van der Waals surface area contributed by atoms with Gasteiger partial charge in [0.05, 0.1) is 18.4 Å². The molecule has 2 aromatic rings. The van der Waals surface area contributed by atoms with Crippen LogP contribution in [0.25, 0.3) is 0 Å². The molecule has 2 N–H and O–H groups in total. The number of hydrogen-bond acceptors (Lipinski definition) is 7. The fraction of sp³-hybridized carbons (Fsp3) is 0.400. The van der Waals surface area contributed by atoms with E-state index in [1.165, 1.54) is 26.0 Å².